The van der Waals surface area contributed by atoms with Gasteiger partial charge in [0.2, 0.25) is 5.91 Å². The predicted molar refractivity (Wildman–Crippen MR) is 105 cm³/mol. The molecule has 0 aliphatic heterocycles. The summed E-state index contributed by atoms with van der Waals surface area (Å²) in [6.07, 6.45) is 3.18. The normalized spacial score (nSPS) is 11.8. The van der Waals surface area contributed by atoms with E-state index in [0.29, 0.717) is 11.3 Å². The molecule has 12 nitrogen and oxygen atoms in total. The Hall–Kier alpha value is -2.38. The largest absolute Gasteiger partial charge is 2.00 e. The number of hydrogen-bond donors (Lipinski definition) is 6. The number of H-pyrrole nitrogens is 1. The van der Waals surface area contributed by atoms with Gasteiger partial charge >= 0.3 is 37.7 Å². The third-order valence-electron chi connectivity index (χ3n) is 3.77. The summed E-state index contributed by atoms with van der Waals surface area (Å²) in [6, 6.07) is 1.83. The second kappa shape index (κ2) is 14.6. The number of aliphatic carboxylic acids is 2. The number of imidazole rings is 1. The van der Waals surface area contributed by atoms with Crippen molar-refractivity contribution >= 4 is 55.6 Å². The maximum Gasteiger partial charge on any atom is 2.00 e. The van der Waals surface area contributed by atoms with Gasteiger partial charge in [-0.05, 0) is 24.1 Å². The molecule has 1 amide bonds. The van der Waals surface area contributed by atoms with Crippen molar-refractivity contribution in [3.05, 3.63) is 42.0 Å². The second-order valence-electron chi connectivity index (χ2n) is 6.21. The van der Waals surface area contributed by atoms with Crippen molar-refractivity contribution in [2.45, 2.75) is 31.3 Å². The van der Waals surface area contributed by atoms with Gasteiger partial charge in [0.15, 0.2) is 11.5 Å². The van der Waals surface area contributed by atoms with Crippen LogP contribution >= 0.6 is 0 Å². The third kappa shape index (κ3) is 11.0. The van der Waals surface area contributed by atoms with Gasteiger partial charge in [-0.25, -0.2) is 4.98 Å². The molecule has 13 heteroatoms. The summed E-state index contributed by atoms with van der Waals surface area (Å²) in [5.74, 6) is -3.64. The van der Waals surface area contributed by atoms with Gasteiger partial charge in [-0.2, -0.15) is 0 Å². The number of nitrogens with two attached hydrogens (primary N) is 2. The molecule has 31 heavy (non-hydrogen) atoms. The number of carboxylic acid groups (broad SMARTS) is 2. The van der Waals surface area contributed by atoms with Crippen LogP contribution in [0.1, 0.15) is 17.7 Å². The van der Waals surface area contributed by atoms with Crippen LogP contribution in [0, 0.1) is 0 Å². The van der Waals surface area contributed by atoms with Gasteiger partial charge in [-0.1, -0.05) is 6.07 Å². The zero-order valence-electron chi connectivity index (χ0n) is 16.6. The minimum absolute atomic E-state index is 0. The van der Waals surface area contributed by atoms with E-state index in [-0.39, 0.29) is 75.0 Å². The van der Waals surface area contributed by atoms with E-state index in [1.807, 2.05) is 0 Å². The van der Waals surface area contributed by atoms with E-state index < -0.39 is 29.9 Å². The zero-order chi connectivity index (χ0) is 22.7. The van der Waals surface area contributed by atoms with Crippen molar-refractivity contribution in [2.75, 3.05) is 6.54 Å². The van der Waals surface area contributed by atoms with Crippen LogP contribution in [0.4, 0.5) is 0 Å². The summed E-state index contributed by atoms with van der Waals surface area (Å²) < 4.78 is 0. The molecule has 0 saturated carbocycles. The molecule has 2 atom stereocenters. The summed E-state index contributed by atoms with van der Waals surface area (Å²) in [5, 5.41) is 41.5. The number of carbonyl (C=O) groups is 3. The molecule has 0 aliphatic rings. The molecule has 2 aromatic rings. The van der Waals surface area contributed by atoms with Gasteiger partial charge in [0.25, 0.3) is 0 Å². The summed E-state index contributed by atoms with van der Waals surface area (Å²) in [5.41, 5.74) is 11.5. The van der Waals surface area contributed by atoms with Crippen LogP contribution in [0.2, 0.25) is 0 Å². The number of phenols is 2. The molecule has 0 unspecified atom stereocenters. The molecule has 1 aromatic carbocycles. The van der Waals surface area contributed by atoms with E-state index in [1.54, 1.807) is 0 Å². The number of benzene rings is 1. The topological polar surface area (TPSA) is 231 Å². The van der Waals surface area contributed by atoms with Crippen molar-refractivity contribution in [1.29, 1.82) is 0 Å². The number of amides is 1. The fraction of sp³-hybridized carbons (Fsp3) is 0.333. The number of hydrogen-bond acceptors (Lipinski definition) is 10. The van der Waals surface area contributed by atoms with Crippen molar-refractivity contribution in [1.82, 2.24) is 15.3 Å². The first-order chi connectivity index (χ1) is 14.1. The number of rotatable bonds is 9. The Bertz CT molecular complexity index is 848. The van der Waals surface area contributed by atoms with E-state index in [2.05, 4.69) is 15.3 Å². The number of carboxylic acids is 2. The number of phenolic OH excluding ortho intramolecular Hbond substituents is 2. The van der Waals surface area contributed by atoms with Crippen molar-refractivity contribution < 1.29 is 34.8 Å². The average Bonchev–Trinajstić information content (AvgIpc) is 3.18. The van der Waals surface area contributed by atoms with Gasteiger partial charge in [0.1, 0.15) is 0 Å². The minimum Gasteiger partial charge on any atom is -0.548 e. The quantitative estimate of drug-likeness (QED) is 0.156. The summed E-state index contributed by atoms with van der Waals surface area (Å²) >= 11 is 0. The summed E-state index contributed by atoms with van der Waals surface area (Å²) in [4.78, 5) is 38.8. The summed E-state index contributed by atoms with van der Waals surface area (Å²) in [7, 11) is 0. The zero-order valence-corrected chi connectivity index (χ0v) is 18.8. The van der Waals surface area contributed by atoms with E-state index >= 15 is 0 Å². The van der Waals surface area contributed by atoms with Crippen LogP contribution < -0.4 is 27.0 Å². The molecule has 0 aliphatic carbocycles. The van der Waals surface area contributed by atoms with Gasteiger partial charge < -0.3 is 51.8 Å². The predicted octanol–water partition coefficient (Wildman–Crippen LogP) is -4.13. The van der Waals surface area contributed by atoms with Crippen molar-refractivity contribution in [2.24, 2.45) is 11.5 Å². The maximum atomic E-state index is 11.2. The van der Waals surface area contributed by atoms with Crippen LogP contribution in [-0.2, 0) is 27.2 Å². The number of aromatic amines is 1. The van der Waals surface area contributed by atoms with E-state index in [9.17, 15) is 24.6 Å². The molecule has 0 saturated heterocycles. The maximum absolute atomic E-state index is 11.2. The van der Waals surface area contributed by atoms with Crippen LogP contribution in [0.5, 0.6) is 11.5 Å². The Balaban J connectivity index is 0.000000567. The molecule has 1 aromatic heterocycles. The average molecular weight is 461 g/mol. The van der Waals surface area contributed by atoms with Crippen molar-refractivity contribution in [3.8, 4) is 11.5 Å². The molecule has 2 rings (SSSR count). The second-order valence-corrected chi connectivity index (χ2v) is 6.21. The molecular weight excluding hydrogens is 438 g/mol. The van der Waals surface area contributed by atoms with Gasteiger partial charge in [0, 0.05) is 37.3 Å². The van der Waals surface area contributed by atoms with Crippen molar-refractivity contribution in [3.63, 3.8) is 0 Å². The Kier molecular flexibility index (Phi) is 13.5. The standard InChI is InChI=1S/C9H14N4O3.C9H11NO4.Ca/c10-2-1-8(14)13-7(9(15)16)3-6-4-11-5-12-6;10-6(9(13)14)3-5-1-2-7(11)8(12)4-5;/h4-5,7H,1-3,10H2,(H,11,12)(H,13,14)(H,15,16);1-2,4,6,11-12H,3,10H2,(H,13,14);/q;;+2/p-2/t7-;6-;/m00./s1. The Morgan fingerprint density at radius 3 is 2.29 bits per heavy atom. The minimum atomic E-state index is -1.35. The first-order valence-corrected chi connectivity index (χ1v) is 8.78. The monoisotopic (exact) mass is 461 g/mol. The van der Waals surface area contributed by atoms with Crippen LogP contribution in [-0.4, -0.2) is 94.4 Å². The molecule has 0 bridgehead atoms. The molecule has 0 fully saturated rings. The molecule has 0 radical (unpaired) electrons. The first kappa shape index (κ1) is 28.6. The molecule has 8 N–H and O–H groups in total. The number of nitrogens with zero attached hydrogens (tertiary/aromatic N) is 1. The van der Waals surface area contributed by atoms with Crippen LogP contribution in [0.15, 0.2) is 30.7 Å². The van der Waals surface area contributed by atoms with Gasteiger partial charge in [-0.15, -0.1) is 0 Å². The van der Waals surface area contributed by atoms with Gasteiger partial charge in [-0.3, -0.25) is 4.79 Å². The molecule has 164 valence electrons. The third-order valence-corrected chi connectivity index (χ3v) is 3.77. The first-order valence-electron chi connectivity index (χ1n) is 8.78. The number of aromatic hydroxyl groups is 2. The van der Waals surface area contributed by atoms with E-state index in [1.165, 1.54) is 30.7 Å². The molecular formula is C18H23CaN5O7. The fourth-order valence-electron chi connectivity index (χ4n) is 2.24. The Morgan fingerprint density at radius 1 is 1.13 bits per heavy atom. The van der Waals surface area contributed by atoms with E-state index in [0.717, 1.165) is 0 Å². The summed E-state index contributed by atoms with van der Waals surface area (Å²) in [6.45, 7) is 0.176. The Morgan fingerprint density at radius 2 is 1.81 bits per heavy atom. The number of nitrogens with one attached hydrogen (secondary N) is 2. The number of carbonyl (C=O) groups excluding carboxylic acids is 3. The SMILES string of the molecule is NCCC(=O)N[C@@H](Cc1cnc[nH]1)C(=O)[O-].N[C@@H](Cc1ccc(O)c(O)c1)C(=O)[O-].[Ca+2]. The van der Waals surface area contributed by atoms with Crippen LogP contribution in [0.25, 0.3) is 0 Å². The number of aromatic nitrogens is 2. The molecule has 1 heterocycles. The fourth-order valence-corrected chi connectivity index (χ4v) is 2.24. The molecule has 0 spiro atoms. The van der Waals surface area contributed by atoms with Gasteiger partial charge in [0.05, 0.1) is 24.3 Å². The smallest absolute Gasteiger partial charge is 0.548 e. The van der Waals surface area contributed by atoms with E-state index in [4.69, 9.17) is 21.7 Å². The Labute approximate surface area is 207 Å². The van der Waals surface area contributed by atoms with Crippen LogP contribution in [0.3, 0.4) is 0 Å².